The van der Waals surface area contributed by atoms with Crippen molar-refractivity contribution >= 4 is 11.3 Å². The summed E-state index contributed by atoms with van der Waals surface area (Å²) >= 11 is 1.81. The van der Waals surface area contributed by atoms with E-state index in [-0.39, 0.29) is 0 Å². The van der Waals surface area contributed by atoms with Crippen molar-refractivity contribution in [3.8, 4) is 5.75 Å². The lowest BCUT2D eigenvalue weighted by Gasteiger charge is -2.08. The molecule has 0 fully saturated rings. The van der Waals surface area contributed by atoms with Crippen LogP contribution in [0.3, 0.4) is 0 Å². The Morgan fingerprint density at radius 3 is 2.90 bits per heavy atom. The summed E-state index contributed by atoms with van der Waals surface area (Å²) in [7, 11) is 1.68. The van der Waals surface area contributed by atoms with E-state index in [1.807, 2.05) is 23.5 Å². The molecule has 0 amide bonds. The van der Waals surface area contributed by atoms with Crippen LogP contribution in [0.1, 0.15) is 10.4 Å². The maximum Gasteiger partial charge on any atom is 0.119 e. The standard InChI is InChI=1S/C16H21NO2S/c1-18-9-10-19-15-5-2-4-14(12-15)13-17-8-7-16-6-3-11-20-16/h2-6,11-12,17H,7-10,13H2,1H3. The van der Waals surface area contributed by atoms with E-state index >= 15 is 0 Å². The normalized spacial score (nSPS) is 10.7. The molecule has 4 heteroatoms. The molecule has 20 heavy (non-hydrogen) atoms. The van der Waals surface area contributed by atoms with Crippen LogP contribution in [0.2, 0.25) is 0 Å². The fraction of sp³-hybridized carbons (Fsp3) is 0.375. The highest BCUT2D eigenvalue weighted by Gasteiger charge is 1.98. The summed E-state index contributed by atoms with van der Waals surface area (Å²) < 4.78 is 10.6. The van der Waals surface area contributed by atoms with Gasteiger partial charge in [-0.15, -0.1) is 11.3 Å². The van der Waals surface area contributed by atoms with Crippen molar-refractivity contribution in [1.29, 1.82) is 0 Å². The Morgan fingerprint density at radius 2 is 2.10 bits per heavy atom. The van der Waals surface area contributed by atoms with Crippen molar-refractivity contribution in [2.45, 2.75) is 13.0 Å². The molecule has 0 unspecified atom stereocenters. The monoisotopic (exact) mass is 291 g/mol. The zero-order chi connectivity index (χ0) is 14.0. The summed E-state index contributed by atoms with van der Waals surface area (Å²) in [5, 5.41) is 5.58. The summed E-state index contributed by atoms with van der Waals surface area (Å²) in [5.74, 6) is 0.902. The minimum absolute atomic E-state index is 0.589. The zero-order valence-corrected chi connectivity index (χ0v) is 12.6. The van der Waals surface area contributed by atoms with Crippen LogP contribution in [0.4, 0.5) is 0 Å². The number of rotatable bonds is 9. The molecule has 0 bridgehead atoms. The predicted octanol–water partition coefficient (Wildman–Crippen LogP) is 3.11. The van der Waals surface area contributed by atoms with Crippen LogP contribution in [0.5, 0.6) is 5.75 Å². The Bertz CT molecular complexity index is 485. The average Bonchev–Trinajstić information content (AvgIpc) is 2.98. The second kappa shape index (κ2) is 8.74. The van der Waals surface area contributed by atoms with Crippen molar-refractivity contribution in [2.24, 2.45) is 0 Å². The van der Waals surface area contributed by atoms with Crippen LogP contribution >= 0.6 is 11.3 Å². The number of benzene rings is 1. The minimum atomic E-state index is 0.589. The Morgan fingerprint density at radius 1 is 1.15 bits per heavy atom. The smallest absolute Gasteiger partial charge is 0.119 e. The molecule has 1 N–H and O–H groups in total. The SMILES string of the molecule is COCCOc1cccc(CNCCc2cccs2)c1. The molecule has 0 spiro atoms. The molecule has 108 valence electrons. The topological polar surface area (TPSA) is 30.5 Å². The molecular formula is C16H21NO2S. The summed E-state index contributed by atoms with van der Waals surface area (Å²) in [6, 6.07) is 12.5. The molecule has 0 atom stereocenters. The lowest BCUT2D eigenvalue weighted by Crippen LogP contribution is -2.16. The Kier molecular flexibility index (Phi) is 6.57. The lowest BCUT2D eigenvalue weighted by atomic mass is 10.2. The molecule has 0 saturated heterocycles. The summed E-state index contributed by atoms with van der Waals surface area (Å²) in [4.78, 5) is 1.43. The first kappa shape index (κ1) is 15.0. The number of ether oxygens (including phenoxy) is 2. The third kappa shape index (κ3) is 5.33. The number of nitrogens with one attached hydrogen (secondary N) is 1. The molecule has 1 aromatic carbocycles. The minimum Gasteiger partial charge on any atom is -0.491 e. The van der Waals surface area contributed by atoms with E-state index in [1.54, 1.807) is 7.11 Å². The van der Waals surface area contributed by atoms with E-state index in [2.05, 4.69) is 35.0 Å². The van der Waals surface area contributed by atoms with Crippen molar-refractivity contribution in [3.05, 3.63) is 52.2 Å². The van der Waals surface area contributed by atoms with Gasteiger partial charge < -0.3 is 14.8 Å². The van der Waals surface area contributed by atoms with Gasteiger partial charge in [-0.1, -0.05) is 18.2 Å². The van der Waals surface area contributed by atoms with Crippen molar-refractivity contribution in [1.82, 2.24) is 5.32 Å². The van der Waals surface area contributed by atoms with E-state index in [0.717, 1.165) is 25.3 Å². The van der Waals surface area contributed by atoms with Gasteiger partial charge in [0, 0.05) is 25.1 Å². The van der Waals surface area contributed by atoms with Crippen LogP contribution in [-0.4, -0.2) is 26.9 Å². The maximum atomic E-state index is 5.60. The Balaban J connectivity index is 1.70. The van der Waals surface area contributed by atoms with E-state index in [9.17, 15) is 0 Å². The fourth-order valence-electron chi connectivity index (χ4n) is 1.89. The summed E-state index contributed by atoms with van der Waals surface area (Å²) in [5.41, 5.74) is 1.24. The van der Waals surface area contributed by atoms with Gasteiger partial charge in [0.2, 0.25) is 0 Å². The van der Waals surface area contributed by atoms with Crippen molar-refractivity contribution in [2.75, 3.05) is 26.9 Å². The van der Waals surface area contributed by atoms with E-state index in [4.69, 9.17) is 9.47 Å². The molecule has 0 aliphatic carbocycles. The van der Waals surface area contributed by atoms with Gasteiger partial charge in [0.15, 0.2) is 0 Å². The van der Waals surface area contributed by atoms with Crippen molar-refractivity contribution < 1.29 is 9.47 Å². The molecule has 2 aromatic rings. The number of hydrogen-bond donors (Lipinski definition) is 1. The van der Waals surface area contributed by atoms with Gasteiger partial charge in [-0.2, -0.15) is 0 Å². The van der Waals surface area contributed by atoms with Gasteiger partial charge in [-0.25, -0.2) is 0 Å². The van der Waals surface area contributed by atoms with Gasteiger partial charge in [0.05, 0.1) is 6.61 Å². The number of hydrogen-bond acceptors (Lipinski definition) is 4. The van der Waals surface area contributed by atoms with Gasteiger partial charge in [0.1, 0.15) is 12.4 Å². The largest absolute Gasteiger partial charge is 0.491 e. The van der Waals surface area contributed by atoms with Crippen LogP contribution in [0.15, 0.2) is 41.8 Å². The molecule has 0 aliphatic heterocycles. The molecule has 0 radical (unpaired) electrons. The molecule has 1 heterocycles. The number of methoxy groups -OCH3 is 1. The molecule has 2 rings (SSSR count). The van der Waals surface area contributed by atoms with Gasteiger partial charge in [-0.05, 0) is 35.6 Å². The lowest BCUT2D eigenvalue weighted by molar-refractivity contribution is 0.146. The summed E-state index contributed by atoms with van der Waals surface area (Å²) in [6.45, 7) is 3.07. The third-order valence-electron chi connectivity index (χ3n) is 2.91. The first-order chi connectivity index (χ1) is 9.88. The highest BCUT2D eigenvalue weighted by molar-refractivity contribution is 7.09. The first-order valence-corrected chi connectivity index (χ1v) is 7.70. The number of thiophene rings is 1. The zero-order valence-electron chi connectivity index (χ0n) is 11.8. The van der Waals surface area contributed by atoms with Crippen LogP contribution < -0.4 is 10.1 Å². The van der Waals surface area contributed by atoms with Crippen LogP contribution in [0.25, 0.3) is 0 Å². The second-order valence-electron chi connectivity index (χ2n) is 4.49. The molecule has 0 aliphatic rings. The predicted molar refractivity (Wildman–Crippen MR) is 83.5 cm³/mol. The second-order valence-corrected chi connectivity index (χ2v) is 5.53. The molecule has 3 nitrogen and oxygen atoms in total. The van der Waals surface area contributed by atoms with Gasteiger partial charge in [0.25, 0.3) is 0 Å². The van der Waals surface area contributed by atoms with Crippen LogP contribution in [-0.2, 0) is 17.7 Å². The average molecular weight is 291 g/mol. The summed E-state index contributed by atoms with van der Waals surface area (Å²) in [6.07, 6.45) is 1.09. The highest BCUT2D eigenvalue weighted by Crippen LogP contribution is 2.13. The van der Waals surface area contributed by atoms with E-state index in [1.165, 1.54) is 10.4 Å². The van der Waals surface area contributed by atoms with Gasteiger partial charge >= 0.3 is 0 Å². The first-order valence-electron chi connectivity index (χ1n) is 6.82. The quantitative estimate of drug-likeness (QED) is 0.720. The van der Waals surface area contributed by atoms with Crippen molar-refractivity contribution in [3.63, 3.8) is 0 Å². The third-order valence-corrected chi connectivity index (χ3v) is 3.85. The highest BCUT2D eigenvalue weighted by atomic mass is 32.1. The molecule has 0 saturated carbocycles. The fourth-order valence-corrected chi connectivity index (χ4v) is 2.60. The van der Waals surface area contributed by atoms with Gasteiger partial charge in [-0.3, -0.25) is 0 Å². The Hall–Kier alpha value is -1.36. The van der Waals surface area contributed by atoms with Crippen LogP contribution in [0, 0.1) is 0 Å². The van der Waals surface area contributed by atoms with E-state index in [0.29, 0.717) is 13.2 Å². The maximum absolute atomic E-state index is 5.60. The Labute approximate surface area is 124 Å². The molecular weight excluding hydrogens is 270 g/mol. The van der Waals surface area contributed by atoms with E-state index < -0.39 is 0 Å². The molecule has 1 aromatic heterocycles.